The van der Waals surface area contributed by atoms with E-state index < -0.39 is 0 Å². The van der Waals surface area contributed by atoms with Gasteiger partial charge in [0, 0.05) is 17.5 Å². The lowest BCUT2D eigenvalue weighted by Crippen LogP contribution is -2.28. The third kappa shape index (κ3) is 5.28. The summed E-state index contributed by atoms with van der Waals surface area (Å²) in [6.07, 6.45) is 1.32. The lowest BCUT2D eigenvalue weighted by Gasteiger charge is -2.09. The van der Waals surface area contributed by atoms with E-state index in [0.29, 0.717) is 13.0 Å². The number of nitrogens with zero attached hydrogens (tertiary/aromatic N) is 2. The van der Waals surface area contributed by atoms with Gasteiger partial charge in [-0.25, -0.2) is 4.98 Å². The molecule has 2 aromatic rings. The average molecular weight is 303 g/mol. The summed E-state index contributed by atoms with van der Waals surface area (Å²) in [6.45, 7) is 1.70. The van der Waals surface area contributed by atoms with Gasteiger partial charge in [0.2, 0.25) is 5.91 Å². The van der Waals surface area contributed by atoms with Crippen molar-refractivity contribution in [2.45, 2.75) is 12.8 Å². The molecule has 0 saturated heterocycles. The number of carbonyl (C=O) groups excluding carboxylic acids is 1. The van der Waals surface area contributed by atoms with Crippen molar-refractivity contribution in [3.8, 4) is 10.6 Å². The Hall–Kier alpha value is -1.72. The summed E-state index contributed by atoms with van der Waals surface area (Å²) >= 11 is 1.58. The highest BCUT2D eigenvalue weighted by Gasteiger charge is 2.08. The Labute approximate surface area is 129 Å². The molecule has 21 heavy (non-hydrogen) atoms. The molecule has 1 aromatic heterocycles. The summed E-state index contributed by atoms with van der Waals surface area (Å²) in [4.78, 5) is 18.5. The Morgan fingerprint density at radius 1 is 1.29 bits per heavy atom. The van der Waals surface area contributed by atoms with Crippen LogP contribution < -0.4 is 5.32 Å². The molecule has 112 valence electrons. The van der Waals surface area contributed by atoms with Crippen molar-refractivity contribution >= 4 is 17.2 Å². The molecule has 2 rings (SSSR count). The predicted octanol–water partition coefficient (Wildman–Crippen LogP) is 2.42. The van der Waals surface area contributed by atoms with Crippen molar-refractivity contribution in [3.05, 3.63) is 41.4 Å². The molecular formula is C16H21N3OS. The van der Waals surface area contributed by atoms with Crippen LogP contribution in [-0.4, -0.2) is 43.0 Å². The topological polar surface area (TPSA) is 45.2 Å². The van der Waals surface area contributed by atoms with Crippen molar-refractivity contribution in [1.82, 2.24) is 15.2 Å². The van der Waals surface area contributed by atoms with Gasteiger partial charge in [-0.3, -0.25) is 4.79 Å². The van der Waals surface area contributed by atoms with Crippen LogP contribution in [0.15, 0.2) is 35.7 Å². The molecule has 1 heterocycles. The SMILES string of the molecule is CN(C)CCCNC(=O)Cc1csc(-c2ccccc2)n1. The van der Waals surface area contributed by atoms with E-state index in [1.165, 1.54) is 0 Å². The maximum atomic E-state index is 11.8. The van der Waals surface area contributed by atoms with Crippen LogP contribution in [0.25, 0.3) is 10.6 Å². The molecule has 1 aromatic carbocycles. The summed E-state index contributed by atoms with van der Waals surface area (Å²) in [5, 5.41) is 5.86. The first-order valence-corrected chi connectivity index (χ1v) is 7.94. The van der Waals surface area contributed by atoms with Crippen molar-refractivity contribution in [2.24, 2.45) is 0 Å². The third-order valence-corrected chi connectivity index (χ3v) is 3.96. The minimum atomic E-state index is 0.0404. The molecule has 0 fully saturated rings. The molecule has 0 radical (unpaired) electrons. The zero-order valence-electron chi connectivity index (χ0n) is 12.5. The molecule has 0 aliphatic rings. The second-order valence-corrected chi connectivity index (χ2v) is 6.05. The van der Waals surface area contributed by atoms with Gasteiger partial charge >= 0.3 is 0 Å². The minimum Gasteiger partial charge on any atom is -0.356 e. The Kier molecular flexibility index (Phi) is 5.90. The van der Waals surface area contributed by atoms with Crippen molar-refractivity contribution in [1.29, 1.82) is 0 Å². The molecule has 0 spiro atoms. The molecule has 0 aliphatic carbocycles. The van der Waals surface area contributed by atoms with Gasteiger partial charge in [-0.05, 0) is 27.1 Å². The van der Waals surface area contributed by atoms with Crippen LogP contribution in [0, 0.1) is 0 Å². The Morgan fingerprint density at radius 3 is 2.76 bits per heavy atom. The highest BCUT2D eigenvalue weighted by molar-refractivity contribution is 7.13. The van der Waals surface area contributed by atoms with E-state index in [4.69, 9.17) is 0 Å². The highest BCUT2D eigenvalue weighted by atomic mass is 32.1. The third-order valence-electron chi connectivity index (χ3n) is 3.02. The zero-order valence-corrected chi connectivity index (χ0v) is 13.3. The number of amides is 1. The van der Waals surface area contributed by atoms with Crippen LogP contribution in [0.1, 0.15) is 12.1 Å². The molecule has 1 amide bonds. The van der Waals surface area contributed by atoms with Crippen LogP contribution in [0.3, 0.4) is 0 Å². The molecule has 4 nitrogen and oxygen atoms in total. The number of benzene rings is 1. The summed E-state index contributed by atoms with van der Waals surface area (Å²) in [6, 6.07) is 10.0. The smallest absolute Gasteiger partial charge is 0.226 e. The van der Waals surface area contributed by atoms with Crippen LogP contribution in [0.5, 0.6) is 0 Å². The lowest BCUT2D eigenvalue weighted by molar-refractivity contribution is -0.120. The van der Waals surface area contributed by atoms with E-state index in [9.17, 15) is 4.79 Å². The van der Waals surface area contributed by atoms with Crippen LogP contribution in [-0.2, 0) is 11.2 Å². The maximum Gasteiger partial charge on any atom is 0.226 e. The second kappa shape index (κ2) is 7.90. The number of thiazole rings is 1. The van der Waals surface area contributed by atoms with Gasteiger partial charge in [-0.1, -0.05) is 30.3 Å². The minimum absolute atomic E-state index is 0.0404. The molecule has 0 aliphatic heterocycles. The van der Waals surface area contributed by atoms with E-state index in [2.05, 4.69) is 15.2 Å². The molecular weight excluding hydrogens is 282 g/mol. The van der Waals surface area contributed by atoms with Crippen LogP contribution in [0.2, 0.25) is 0 Å². The number of carbonyl (C=O) groups is 1. The van der Waals surface area contributed by atoms with Crippen LogP contribution in [0.4, 0.5) is 0 Å². The first-order chi connectivity index (χ1) is 10.1. The fraction of sp³-hybridized carbons (Fsp3) is 0.375. The number of nitrogens with one attached hydrogen (secondary N) is 1. The van der Waals surface area contributed by atoms with Gasteiger partial charge in [-0.2, -0.15) is 0 Å². The highest BCUT2D eigenvalue weighted by Crippen LogP contribution is 2.23. The van der Waals surface area contributed by atoms with Crippen molar-refractivity contribution in [2.75, 3.05) is 27.2 Å². The Balaban J connectivity index is 1.81. The number of hydrogen-bond donors (Lipinski definition) is 1. The fourth-order valence-electron chi connectivity index (χ4n) is 1.95. The van der Waals surface area contributed by atoms with E-state index in [-0.39, 0.29) is 5.91 Å². The number of rotatable bonds is 7. The van der Waals surface area contributed by atoms with Gasteiger partial charge < -0.3 is 10.2 Å². The van der Waals surface area contributed by atoms with E-state index in [0.717, 1.165) is 29.2 Å². The van der Waals surface area contributed by atoms with Crippen molar-refractivity contribution in [3.63, 3.8) is 0 Å². The predicted molar refractivity (Wildman–Crippen MR) is 87.4 cm³/mol. The summed E-state index contributed by atoms with van der Waals surface area (Å²) in [7, 11) is 4.06. The van der Waals surface area contributed by atoms with Crippen molar-refractivity contribution < 1.29 is 4.79 Å². The summed E-state index contributed by atoms with van der Waals surface area (Å²) in [5.41, 5.74) is 1.93. The van der Waals surface area contributed by atoms with Gasteiger partial charge in [0.25, 0.3) is 0 Å². The van der Waals surface area contributed by atoms with Crippen LogP contribution >= 0.6 is 11.3 Å². The fourth-order valence-corrected chi connectivity index (χ4v) is 2.78. The second-order valence-electron chi connectivity index (χ2n) is 5.19. The summed E-state index contributed by atoms with van der Waals surface area (Å²) < 4.78 is 0. The lowest BCUT2D eigenvalue weighted by atomic mass is 10.2. The standard InChI is InChI=1S/C16H21N3OS/c1-19(2)10-6-9-17-15(20)11-14-12-21-16(18-14)13-7-4-3-5-8-13/h3-5,7-8,12H,6,9-11H2,1-2H3,(H,17,20). The average Bonchev–Trinajstić information content (AvgIpc) is 2.93. The van der Waals surface area contributed by atoms with Gasteiger partial charge in [0.15, 0.2) is 0 Å². The van der Waals surface area contributed by atoms with E-state index in [1.54, 1.807) is 11.3 Å². The van der Waals surface area contributed by atoms with E-state index in [1.807, 2.05) is 49.8 Å². The monoisotopic (exact) mass is 303 g/mol. The quantitative estimate of drug-likeness (QED) is 0.799. The number of aromatic nitrogens is 1. The van der Waals surface area contributed by atoms with Gasteiger partial charge in [0.1, 0.15) is 5.01 Å². The Morgan fingerprint density at radius 2 is 2.05 bits per heavy atom. The normalized spacial score (nSPS) is 10.8. The first kappa shape index (κ1) is 15.7. The molecule has 5 heteroatoms. The molecule has 0 atom stereocenters. The Bertz CT molecular complexity index is 566. The molecule has 1 N–H and O–H groups in total. The zero-order chi connectivity index (χ0) is 15.1. The first-order valence-electron chi connectivity index (χ1n) is 7.06. The molecule has 0 bridgehead atoms. The summed E-state index contributed by atoms with van der Waals surface area (Å²) in [5.74, 6) is 0.0404. The van der Waals surface area contributed by atoms with E-state index >= 15 is 0 Å². The molecule has 0 unspecified atom stereocenters. The van der Waals surface area contributed by atoms with Gasteiger partial charge in [0.05, 0.1) is 12.1 Å². The molecule has 0 saturated carbocycles. The maximum absolute atomic E-state index is 11.8. The van der Waals surface area contributed by atoms with Gasteiger partial charge in [-0.15, -0.1) is 11.3 Å². The largest absolute Gasteiger partial charge is 0.356 e. The number of hydrogen-bond acceptors (Lipinski definition) is 4.